The van der Waals surface area contributed by atoms with E-state index in [1.165, 1.54) is 11.6 Å². The largest absolute Gasteiger partial charge is 0.493 e. The molecule has 0 bridgehead atoms. The summed E-state index contributed by atoms with van der Waals surface area (Å²) in [5, 5.41) is 2.97. The van der Waals surface area contributed by atoms with Crippen LogP contribution in [-0.4, -0.2) is 20.1 Å². The summed E-state index contributed by atoms with van der Waals surface area (Å²) < 4.78 is 17.0. The quantitative estimate of drug-likeness (QED) is 0.454. The van der Waals surface area contributed by atoms with Crippen LogP contribution in [-0.2, 0) is 11.4 Å². The van der Waals surface area contributed by atoms with E-state index in [-0.39, 0.29) is 5.91 Å². The first-order valence-electron chi connectivity index (χ1n) is 10.4. The van der Waals surface area contributed by atoms with Gasteiger partial charge in [0, 0.05) is 11.8 Å². The molecule has 5 nitrogen and oxygen atoms in total. The molecule has 1 amide bonds. The van der Waals surface area contributed by atoms with E-state index in [0.29, 0.717) is 23.9 Å². The lowest BCUT2D eigenvalue weighted by Gasteiger charge is -2.15. The molecule has 32 heavy (non-hydrogen) atoms. The normalized spacial score (nSPS) is 10.8. The predicted octanol–water partition coefficient (Wildman–Crippen LogP) is 5.86. The molecule has 0 aliphatic rings. The van der Waals surface area contributed by atoms with Gasteiger partial charge in [-0.05, 0) is 61.2 Å². The maximum absolute atomic E-state index is 12.5. The van der Waals surface area contributed by atoms with Gasteiger partial charge in [0.15, 0.2) is 11.5 Å². The van der Waals surface area contributed by atoms with Gasteiger partial charge in [-0.2, -0.15) is 0 Å². The molecule has 0 fully saturated rings. The van der Waals surface area contributed by atoms with Gasteiger partial charge < -0.3 is 19.5 Å². The van der Waals surface area contributed by atoms with Crippen molar-refractivity contribution in [1.29, 1.82) is 0 Å². The molecule has 166 valence electrons. The number of carbonyl (C=O) groups is 1. The maximum atomic E-state index is 12.5. The Kier molecular flexibility index (Phi) is 7.55. The third-order valence-electron chi connectivity index (χ3n) is 5.06. The molecule has 0 unspecified atom stereocenters. The molecular weight excluding hydrogens is 402 g/mol. The van der Waals surface area contributed by atoms with Crippen molar-refractivity contribution in [2.24, 2.45) is 0 Å². The minimum atomic E-state index is -0.206. The van der Waals surface area contributed by atoms with Gasteiger partial charge in [0.2, 0.25) is 11.7 Å². The summed E-state index contributed by atoms with van der Waals surface area (Å²) in [6, 6.07) is 17.6. The zero-order valence-corrected chi connectivity index (χ0v) is 19.2. The number of ether oxygens (including phenoxy) is 3. The van der Waals surface area contributed by atoms with E-state index in [1.54, 1.807) is 20.3 Å². The van der Waals surface area contributed by atoms with Crippen LogP contribution in [0.3, 0.4) is 0 Å². The number of amides is 1. The summed E-state index contributed by atoms with van der Waals surface area (Å²) in [7, 11) is 3.15. The van der Waals surface area contributed by atoms with Gasteiger partial charge in [0.25, 0.3) is 0 Å². The molecule has 0 radical (unpaired) electrons. The highest BCUT2D eigenvalue weighted by atomic mass is 16.5. The molecule has 5 heteroatoms. The number of hydrogen-bond acceptors (Lipinski definition) is 4. The van der Waals surface area contributed by atoms with E-state index >= 15 is 0 Å². The first-order valence-corrected chi connectivity index (χ1v) is 10.4. The summed E-state index contributed by atoms with van der Waals surface area (Å²) in [5.41, 5.74) is 5.88. The average molecular weight is 432 g/mol. The van der Waals surface area contributed by atoms with Crippen molar-refractivity contribution in [2.75, 3.05) is 19.5 Å². The number of benzene rings is 3. The van der Waals surface area contributed by atoms with Crippen LogP contribution in [0.4, 0.5) is 5.69 Å². The van der Waals surface area contributed by atoms with E-state index in [4.69, 9.17) is 14.2 Å². The van der Waals surface area contributed by atoms with Crippen molar-refractivity contribution in [3.8, 4) is 17.2 Å². The Morgan fingerprint density at radius 2 is 1.50 bits per heavy atom. The number of aryl methyl sites for hydroxylation is 3. The van der Waals surface area contributed by atoms with E-state index in [1.807, 2.05) is 63.2 Å². The second-order valence-electron chi connectivity index (χ2n) is 7.63. The molecule has 3 aromatic carbocycles. The Labute approximate surface area is 189 Å². The lowest BCUT2D eigenvalue weighted by atomic mass is 10.1. The Morgan fingerprint density at radius 3 is 2.06 bits per heavy atom. The predicted molar refractivity (Wildman–Crippen MR) is 129 cm³/mol. The van der Waals surface area contributed by atoms with Crippen LogP contribution in [0.5, 0.6) is 17.2 Å². The smallest absolute Gasteiger partial charge is 0.248 e. The van der Waals surface area contributed by atoms with Gasteiger partial charge in [-0.15, -0.1) is 0 Å². The Hall–Kier alpha value is -3.73. The lowest BCUT2D eigenvalue weighted by Crippen LogP contribution is -2.10. The average Bonchev–Trinajstić information content (AvgIpc) is 2.79. The van der Waals surface area contributed by atoms with E-state index in [9.17, 15) is 4.79 Å². The van der Waals surface area contributed by atoms with Crippen LogP contribution in [0.2, 0.25) is 0 Å². The molecular formula is C27H29NO4. The van der Waals surface area contributed by atoms with Crippen molar-refractivity contribution in [3.63, 3.8) is 0 Å². The van der Waals surface area contributed by atoms with E-state index in [2.05, 4.69) is 17.4 Å². The fourth-order valence-corrected chi connectivity index (χ4v) is 3.58. The van der Waals surface area contributed by atoms with Gasteiger partial charge in [0.1, 0.15) is 6.61 Å². The summed E-state index contributed by atoms with van der Waals surface area (Å²) in [4.78, 5) is 12.5. The van der Waals surface area contributed by atoms with Crippen LogP contribution >= 0.6 is 0 Å². The number of hydrogen-bond donors (Lipinski definition) is 1. The third-order valence-corrected chi connectivity index (χ3v) is 5.06. The summed E-state index contributed by atoms with van der Waals surface area (Å²) in [6.07, 6.45) is 3.22. The summed E-state index contributed by atoms with van der Waals surface area (Å²) >= 11 is 0. The molecule has 0 heterocycles. The molecule has 0 aliphatic carbocycles. The van der Waals surface area contributed by atoms with Crippen molar-refractivity contribution in [1.82, 2.24) is 0 Å². The van der Waals surface area contributed by atoms with Gasteiger partial charge in [-0.1, -0.05) is 48.0 Å². The standard InChI is InChI=1S/C27H29NO4/c1-18-13-19(2)26(20(3)14-18)28-25(29)12-11-22-15-23(30-4)27(24(16-22)31-5)32-17-21-9-7-6-8-10-21/h6-16H,17H2,1-5H3,(H,28,29)/b12-11+. The topological polar surface area (TPSA) is 56.8 Å². The molecule has 0 spiro atoms. The molecule has 1 N–H and O–H groups in total. The highest BCUT2D eigenvalue weighted by Crippen LogP contribution is 2.39. The first kappa shape index (κ1) is 22.9. The van der Waals surface area contributed by atoms with Gasteiger partial charge in [0.05, 0.1) is 14.2 Å². The minimum absolute atomic E-state index is 0.206. The fraction of sp³-hybridized carbons (Fsp3) is 0.222. The van der Waals surface area contributed by atoms with Crippen LogP contribution in [0.1, 0.15) is 27.8 Å². The van der Waals surface area contributed by atoms with Gasteiger partial charge in [-0.25, -0.2) is 0 Å². The third kappa shape index (κ3) is 5.70. The lowest BCUT2D eigenvalue weighted by molar-refractivity contribution is -0.111. The number of carbonyl (C=O) groups excluding carboxylic acids is 1. The maximum Gasteiger partial charge on any atom is 0.248 e. The van der Waals surface area contributed by atoms with E-state index in [0.717, 1.165) is 27.9 Å². The monoisotopic (exact) mass is 431 g/mol. The highest BCUT2D eigenvalue weighted by molar-refractivity contribution is 6.02. The van der Waals surface area contributed by atoms with Crippen molar-refractivity contribution >= 4 is 17.7 Å². The Morgan fingerprint density at radius 1 is 0.906 bits per heavy atom. The highest BCUT2D eigenvalue weighted by Gasteiger charge is 2.14. The number of rotatable bonds is 8. The number of anilines is 1. The first-order chi connectivity index (χ1) is 15.4. The fourth-order valence-electron chi connectivity index (χ4n) is 3.58. The molecule has 3 rings (SSSR count). The Bertz CT molecular complexity index is 1070. The zero-order chi connectivity index (χ0) is 23.1. The number of nitrogens with one attached hydrogen (secondary N) is 1. The second kappa shape index (κ2) is 10.5. The molecule has 0 aliphatic heterocycles. The number of methoxy groups -OCH3 is 2. The van der Waals surface area contributed by atoms with Crippen LogP contribution in [0, 0.1) is 20.8 Å². The second-order valence-corrected chi connectivity index (χ2v) is 7.63. The Balaban J connectivity index is 1.77. The molecule has 0 saturated heterocycles. The summed E-state index contributed by atoms with van der Waals surface area (Å²) in [5.74, 6) is 1.38. The molecule has 0 saturated carbocycles. The summed E-state index contributed by atoms with van der Waals surface area (Å²) in [6.45, 7) is 6.41. The van der Waals surface area contributed by atoms with Gasteiger partial charge >= 0.3 is 0 Å². The SMILES string of the molecule is COc1cc(/C=C/C(=O)Nc2c(C)cc(C)cc2C)cc(OC)c1OCc1ccccc1. The van der Waals surface area contributed by atoms with Crippen molar-refractivity contribution in [2.45, 2.75) is 27.4 Å². The van der Waals surface area contributed by atoms with Crippen LogP contribution < -0.4 is 19.5 Å². The minimum Gasteiger partial charge on any atom is -0.493 e. The van der Waals surface area contributed by atoms with E-state index < -0.39 is 0 Å². The van der Waals surface area contributed by atoms with Crippen LogP contribution in [0.25, 0.3) is 6.08 Å². The molecule has 3 aromatic rings. The molecule has 0 aromatic heterocycles. The van der Waals surface area contributed by atoms with Gasteiger partial charge in [-0.3, -0.25) is 4.79 Å². The van der Waals surface area contributed by atoms with Crippen molar-refractivity contribution < 1.29 is 19.0 Å². The van der Waals surface area contributed by atoms with Crippen molar-refractivity contribution in [3.05, 3.63) is 88.5 Å². The molecule has 0 atom stereocenters. The zero-order valence-electron chi connectivity index (χ0n) is 19.2. The van der Waals surface area contributed by atoms with Crippen LogP contribution in [0.15, 0.2) is 60.7 Å².